The molecule has 1 aromatic heterocycles. The van der Waals surface area contributed by atoms with E-state index in [2.05, 4.69) is 10.4 Å². The van der Waals surface area contributed by atoms with Crippen molar-refractivity contribution >= 4 is 34.9 Å². The van der Waals surface area contributed by atoms with Crippen LogP contribution in [0, 0.1) is 10.1 Å². The summed E-state index contributed by atoms with van der Waals surface area (Å²) in [6, 6.07) is 13.4. The zero-order valence-electron chi connectivity index (χ0n) is 15.7. The fourth-order valence-electron chi connectivity index (χ4n) is 2.60. The molecule has 10 heteroatoms. The van der Waals surface area contributed by atoms with Crippen LogP contribution >= 0.6 is 11.6 Å². The molecule has 0 aliphatic rings. The lowest BCUT2D eigenvalue weighted by Crippen LogP contribution is -2.21. The zero-order valence-corrected chi connectivity index (χ0v) is 16.4. The summed E-state index contributed by atoms with van der Waals surface area (Å²) in [5.74, 6) is -1.16. The summed E-state index contributed by atoms with van der Waals surface area (Å²) in [6.07, 6.45) is 3.99. The molecule has 154 valence electrons. The lowest BCUT2D eigenvalue weighted by molar-refractivity contribution is -0.384. The number of nitrogens with zero attached hydrogens (tertiary/aromatic N) is 3. The van der Waals surface area contributed by atoms with E-state index in [1.807, 2.05) is 36.5 Å². The van der Waals surface area contributed by atoms with Crippen molar-refractivity contribution in [3.8, 4) is 5.69 Å². The molecule has 0 unspecified atom stereocenters. The van der Waals surface area contributed by atoms with Gasteiger partial charge in [0.2, 0.25) is 0 Å². The smallest absolute Gasteiger partial charge is 0.306 e. The van der Waals surface area contributed by atoms with E-state index in [9.17, 15) is 19.7 Å². The third-order valence-electron chi connectivity index (χ3n) is 4.07. The van der Waals surface area contributed by atoms with Crippen molar-refractivity contribution in [3.63, 3.8) is 0 Å². The number of ether oxygens (including phenoxy) is 1. The van der Waals surface area contributed by atoms with Crippen LogP contribution in [0.4, 0.5) is 11.4 Å². The molecule has 0 atom stereocenters. The molecule has 2 aromatic carbocycles. The van der Waals surface area contributed by atoms with Crippen LogP contribution in [0.2, 0.25) is 5.02 Å². The van der Waals surface area contributed by atoms with Gasteiger partial charge in [-0.25, -0.2) is 4.68 Å². The highest BCUT2D eigenvalue weighted by molar-refractivity contribution is 6.32. The van der Waals surface area contributed by atoms with Gasteiger partial charge >= 0.3 is 5.97 Å². The molecule has 0 saturated heterocycles. The van der Waals surface area contributed by atoms with Crippen molar-refractivity contribution in [1.82, 2.24) is 9.78 Å². The molecule has 0 fully saturated rings. The second-order valence-electron chi connectivity index (χ2n) is 6.26. The summed E-state index contributed by atoms with van der Waals surface area (Å²) in [5.41, 5.74) is 1.61. The monoisotopic (exact) mass is 428 g/mol. The number of para-hydroxylation sites is 1. The van der Waals surface area contributed by atoms with Crippen molar-refractivity contribution in [1.29, 1.82) is 0 Å². The van der Waals surface area contributed by atoms with Crippen LogP contribution in [0.3, 0.4) is 0 Å². The Kier molecular flexibility index (Phi) is 6.76. The van der Waals surface area contributed by atoms with Crippen LogP contribution in [-0.2, 0) is 20.7 Å². The van der Waals surface area contributed by atoms with Gasteiger partial charge in [0, 0.05) is 24.4 Å². The van der Waals surface area contributed by atoms with E-state index in [0.717, 1.165) is 17.3 Å². The first-order valence-electron chi connectivity index (χ1n) is 8.91. The first-order chi connectivity index (χ1) is 14.4. The van der Waals surface area contributed by atoms with Gasteiger partial charge in [-0.2, -0.15) is 5.10 Å². The number of aryl methyl sites for hydroxylation is 1. The Morgan fingerprint density at radius 1 is 1.20 bits per heavy atom. The normalized spacial score (nSPS) is 10.4. The number of benzene rings is 2. The molecule has 0 saturated carbocycles. The second-order valence-corrected chi connectivity index (χ2v) is 6.67. The highest BCUT2D eigenvalue weighted by Gasteiger charge is 2.15. The van der Waals surface area contributed by atoms with Crippen LogP contribution in [0.15, 0.2) is 60.9 Å². The SMILES string of the molecule is O=C(COC(=O)CCc1cnn(-c2ccccc2)c1)Nc1ccc(Cl)c([N+](=O)[O-])c1. The Balaban J connectivity index is 1.45. The Bertz CT molecular complexity index is 1070. The maximum absolute atomic E-state index is 11.9. The van der Waals surface area contributed by atoms with E-state index in [1.165, 1.54) is 12.1 Å². The Labute approximate surface area is 176 Å². The van der Waals surface area contributed by atoms with E-state index in [0.29, 0.717) is 6.42 Å². The van der Waals surface area contributed by atoms with Gasteiger partial charge in [0.25, 0.3) is 11.6 Å². The lowest BCUT2D eigenvalue weighted by atomic mass is 10.2. The molecular weight excluding hydrogens is 412 g/mol. The fraction of sp³-hybridized carbons (Fsp3) is 0.150. The average Bonchev–Trinajstić information content (AvgIpc) is 3.22. The van der Waals surface area contributed by atoms with Gasteiger partial charge in [-0.1, -0.05) is 29.8 Å². The molecule has 1 amide bonds. The standard InChI is InChI=1S/C20H17ClN4O5/c21-17-8-7-15(10-18(17)25(28)29)23-19(26)13-30-20(27)9-6-14-11-22-24(12-14)16-4-2-1-3-5-16/h1-5,7-8,10-12H,6,9,13H2,(H,23,26). The number of nitro benzene ring substituents is 1. The molecule has 0 radical (unpaired) electrons. The van der Waals surface area contributed by atoms with Gasteiger partial charge in [-0.3, -0.25) is 19.7 Å². The van der Waals surface area contributed by atoms with Crippen LogP contribution < -0.4 is 5.32 Å². The quantitative estimate of drug-likeness (QED) is 0.333. The topological polar surface area (TPSA) is 116 Å². The number of nitro groups is 1. The number of rotatable bonds is 8. The van der Waals surface area contributed by atoms with Gasteiger partial charge in [0.15, 0.2) is 6.61 Å². The number of amides is 1. The Morgan fingerprint density at radius 2 is 1.97 bits per heavy atom. The summed E-state index contributed by atoms with van der Waals surface area (Å²) in [4.78, 5) is 34.0. The fourth-order valence-corrected chi connectivity index (χ4v) is 2.79. The number of aromatic nitrogens is 2. The van der Waals surface area contributed by atoms with Crippen LogP contribution in [0.1, 0.15) is 12.0 Å². The minimum Gasteiger partial charge on any atom is -0.456 e. The second kappa shape index (κ2) is 9.66. The number of hydrogen-bond acceptors (Lipinski definition) is 6. The molecule has 0 bridgehead atoms. The van der Waals surface area contributed by atoms with E-state index in [1.54, 1.807) is 10.9 Å². The largest absolute Gasteiger partial charge is 0.456 e. The molecule has 9 nitrogen and oxygen atoms in total. The number of nitrogens with one attached hydrogen (secondary N) is 1. The van der Waals surface area contributed by atoms with Crippen LogP contribution in [0.25, 0.3) is 5.69 Å². The summed E-state index contributed by atoms with van der Waals surface area (Å²) in [7, 11) is 0. The zero-order chi connectivity index (χ0) is 21.5. The minimum absolute atomic E-state index is 0.0417. The number of hydrogen-bond donors (Lipinski definition) is 1. The molecule has 0 spiro atoms. The van der Waals surface area contributed by atoms with Gasteiger partial charge in [0.1, 0.15) is 5.02 Å². The number of carbonyl (C=O) groups excluding carboxylic acids is 2. The van der Waals surface area contributed by atoms with Crippen molar-refractivity contribution in [2.75, 3.05) is 11.9 Å². The Hall–Kier alpha value is -3.72. The van der Waals surface area contributed by atoms with Gasteiger partial charge in [-0.05, 0) is 36.2 Å². The molecule has 1 N–H and O–H groups in total. The molecular formula is C20H17ClN4O5. The van der Waals surface area contributed by atoms with Crippen molar-refractivity contribution in [2.45, 2.75) is 12.8 Å². The third-order valence-corrected chi connectivity index (χ3v) is 4.39. The molecule has 0 aliphatic carbocycles. The summed E-state index contributed by atoms with van der Waals surface area (Å²) < 4.78 is 6.66. The first-order valence-corrected chi connectivity index (χ1v) is 9.28. The molecule has 0 aliphatic heterocycles. The third kappa shape index (κ3) is 5.65. The van der Waals surface area contributed by atoms with Gasteiger partial charge in [0.05, 0.1) is 16.8 Å². The molecule has 3 rings (SSSR count). The summed E-state index contributed by atoms with van der Waals surface area (Å²) >= 11 is 5.72. The van der Waals surface area contributed by atoms with Gasteiger partial charge in [-0.15, -0.1) is 0 Å². The van der Waals surface area contributed by atoms with Crippen molar-refractivity contribution < 1.29 is 19.2 Å². The molecule has 1 heterocycles. The maximum atomic E-state index is 11.9. The summed E-state index contributed by atoms with van der Waals surface area (Å²) in [6.45, 7) is -0.501. The number of halogens is 1. The van der Waals surface area contributed by atoms with E-state index >= 15 is 0 Å². The van der Waals surface area contributed by atoms with E-state index in [4.69, 9.17) is 16.3 Å². The molecule has 30 heavy (non-hydrogen) atoms. The maximum Gasteiger partial charge on any atom is 0.306 e. The van der Waals surface area contributed by atoms with Crippen LogP contribution in [-0.4, -0.2) is 33.2 Å². The predicted molar refractivity (Wildman–Crippen MR) is 110 cm³/mol. The van der Waals surface area contributed by atoms with E-state index in [-0.39, 0.29) is 22.8 Å². The van der Waals surface area contributed by atoms with Crippen LogP contribution in [0.5, 0.6) is 0 Å². The highest BCUT2D eigenvalue weighted by atomic mass is 35.5. The Morgan fingerprint density at radius 3 is 2.70 bits per heavy atom. The number of anilines is 1. The van der Waals surface area contributed by atoms with E-state index < -0.39 is 23.4 Å². The number of carbonyl (C=O) groups is 2. The summed E-state index contributed by atoms with van der Waals surface area (Å²) in [5, 5.41) is 17.5. The number of esters is 1. The predicted octanol–water partition coefficient (Wildman–Crippen LogP) is 3.55. The van der Waals surface area contributed by atoms with Crippen molar-refractivity contribution in [2.24, 2.45) is 0 Å². The highest BCUT2D eigenvalue weighted by Crippen LogP contribution is 2.27. The minimum atomic E-state index is -0.655. The lowest BCUT2D eigenvalue weighted by Gasteiger charge is -2.07. The van der Waals surface area contributed by atoms with Crippen molar-refractivity contribution in [3.05, 3.63) is 81.6 Å². The average molecular weight is 429 g/mol. The molecule has 3 aromatic rings. The van der Waals surface area contributed by atoms with Gasteiger partial charge < -0.3 is 10.1 Å². The first kappa shape index (κ1) is 21.0.